The van der Waals surface area contributed by atoms with E-state index in [-0.39, 0.29) is 29.8 Å². The number of hydrogen-bond donors (Lipinski definition) is 0. The molecule has 1 atom stereocenters. The Morgan fingerprint density at radius 1 is 1.25 bits per heavy atom. The minimum absolute atomic E-state index is 0.0470. The fourth-order valence-corrected chi connectivity index (χ4v) is 3.97. The average Bonchev–Trinajstić information content (AvgIpc) is 3.09. The van der Waals surface area contributed by atoms with Gasteiger partial charge in [0.05, 0.1) is 37.4 Å². The number of rotatable bonds is 4. The summed E-state index contributed by atoms with van der Waals surface area (Å²) < 4.78 is 42.2. The third kappa shape index (κ3) is 4.08. The van der Waals surface area contributed by atoms with E-state index in [2.05, 4.69) is 5.10 Å². The van der Waals surface area contributed by atoms with Crippen molar-refractivity contribution < 1.29 is 27.8 Å². The molecule has 0 saturated carbocycles. The number of morpholine rings is 1. The highest BCUT2D eigenvalue weighted by atomic mass is 19.1. The van der Waals surface area contributed by atoms with Crippen LogP contribution in [0, 0.1) is 18.6 Å². The van der Waals surface area contributed by atoms with E-state index in [0.29, 0.717) is 24.2 Å². The lowest BCUT2D eigenvalue weighted by Crippen LogP contribution is -2.46. The molecule has 4 rings (SSSR count). The van der Waals surface area contributed by atoms with Gasteiger partial charge in [-0.1, -0.05) is 6.07 Å². The molecule has 1 aliphatic heterocycles. The van der Waals surface area contributed by atoms with Crippen molar-refractivity contribution in [2.24, 2.45) is 0 Å². The molecule has 1 fully saturated rings. The van der Waals surface area contributed by atoms with Gasteiger partial charge in [0.25, 0.3) is 0 Å². The van der Waals surface area contributed by atoms with Crippen LogP contribution in [0.4, 0.5) is 13.6 Å². The van der Waals surface area contributed by atoms with Crippen LogP contribution in [-0.2, 0) is 15.9 Å². The number of halogens is 2. The first-order valence-corrected chi connectivity index (χ1v) is 10.2. The molecular formula is C23H23F2N3O4. The molecular weight excluding hydrogens is 420 g/mol. The van der Waals surface area contributed by atoms with E-state index in [9.17, 15) is 18.4 Å². The van der Waals surface area contributed by atoms with E-state index in [4.69, 9.17) is 9.47 Å². The van der Waals surface area contributed by atoms with Gasteiger partial charge in [-0.05, 0) is 37.6 Å². The normalized spacial score (nSPS) is 16.4. The van der Waals surface area contributed by atoms with Crippen LogP contribution in [-0.4, -0.2) is 59.3 Å². The van der Waals surface area contributed by atoms with Crippen molar-refractivity contribution >= 4 is 17.4 Å². The summed E-state index contributed by atoms with van der Waals surface area (Å²) >= 11 is 0. The van der Waals surface area contributed by atoms with Crippen LogP contribution in [0.3, 0.4) is 0 Å². The molecule has 9 heteroatoms. The first-order chi connectivity index (χ1) is 15.3. The lowest BCUT2D eigenvalue weighted by molar-refractivity contribution is -0.0235. The highest BCUT2D eigenvalue weighted by Crippen LogP contribution is 2.33. The molecule has 0 aliphatic carbocycles. The predicted molar refractivity (Wildman–Crippen MR) is 113 cm³/mol. The molecule has 0 spiro atoms. The fraction of sp³-hybridized carbons (Fsp3) is 0.348. The Kier molecular flexibility index (Phi) is 5.92. The van der Waals surface area contributed by atoms with Crippen LogP contribution in [0.2, 0.25) is 0 Å². The van der Waals surface area contributed by atoms with Crippen molar-refractivity contribution in [3.05, 3.63) is 58.8 Å². The highest BCUT2D eigenvalue weighted by Gasteiger charge is 2.29. The standard InChI is InChI=1S/C23H23F2N3O4/c1-13-4-5-20-17(10-16-12-27(6-7-32-16)23(30)31-3)22(26-28(20)11-13)21-18(24)8-15(14(2)29)9-19(21)25/h4-5,8-9,11,16H,6-7,10,12H2,1-3H3. The number of carbonyl (C=O) groups is 2. The van der Waals surface area contributed by atoms with Gasteiger partial charge >= 0.3 is 6.09 Å². The van der Waals surface area contributed by atoms with Crippen molar-refractivity contribution in [1.82, 2.24) is 14.5 Å². The SMILES string of the molecule is COC(=O)N1CCOC(Cc2c(-c3c(F)cc(C(C)=O)cc3F)nn3cc(C)ccc23)C1. The monoisotopic (exact) mass is 443 g/mol. The summed E-state index contributed by atoms with van der Waals surface area (Å²) in [7, 11) is 1.31. The van der Waals surface area contributed by atoms with Crippen LogP contribution < -0.4 is 0 Å². The lowest BCUT2D eigenvalue weighted by atomic mass is 9.98. The second-order valence-corrected chi connectivity index (χ2v) is 7.85. The highest BCUT2D eigenvalue weighted by molar-refractivity contribution is 5.94. The van der Waals surface area contributed by atoms with Crippen molar-refractivity contribution in [2.45, 2.75) is 26.4 Å². The average molecular weight is 443 g/mol. The van der Waals surface area contributed by atoms with Gasteiger partial charge in [-0.25, -0.2) is 18.1 Å². The van der Waals surface area contributed by atoms with Crippen LogP contribution in [0.15, 0.2) is 30.5 Å². The first kappa shape index (κ1) is 21.9. The number of carbonyl (C=O) groups excluding carboxylic acids is 2. The van der Waals surface area contributed by atoms with Crippen LogP contribution in [0.25, 0.3) is 16.8 Å². The van der Waals surface area contributed by atoms with E-state index in [0.717, 1.165) is 17.7 Å². The van der Waals surface area contributed by atoms with Crippen molar-refractivity contribution in [3.8, 4) is 11.3 Å². The second-order valence-electron chi connectivity index (χ2n) is 7.85. The molecule has 0 radical (unpaired) electrons. The molecule has 1 saturated heterocycles. The summed E-state index contributed by atoms with van der Waals surface area (Å²) in [6.45, 7) is 4.15. The summed E-state index contributed by atoms with van der Waals surface area (Å²) in [6, 6.07) is 5.77. The van der Waals surface area contributed by atoms with E-state index in [1.807, 2.05) is 19.1 Å². The Labute approximate surface area is 183 Å². The van der Waals surface area contributed by atoms with Gasteiger partial charge in [0.15, 0.2) is 5.78 Å². The number of benzene rings is 1. The van der Waals surface area contributed by atoms with Gasteiger partial charge in [-0.2, -0.15) is 5.10 Å². The Morgan fingerprint density at radius 2 is 1.97 bits per heavy atom. The molecule has 2 aromatic heterocycles. The molecule has 0 N–H and O–H groups in total. The molecule has 3 heterocycles. The summed E-state index contributed by atoms with van der Waals surface area (Å²) in [6.07, 6.45) is 1.19. The lowest BCUT2D eigenvalue weighted by Gasteiger charge is -2.32. The summed E-state index contributed by atoms with van der Waals surface area (Å²) in [5.41, 5.74) is 1.99. The quantitative estimate of drug-likeness (QED) is 0.574. The van der Waals surface area contributed by atoms with E-state index in [1.165, 1.54) is 18.9 Å². The van der Waals surface area contributed by atoms with Crippen LogP contribution in [0.5, 0.6) is 0 Å². The zero-order valence-corrected chi connectivity index (χ0v) is 18.0. The fourth-order valence-electron chi connectivity index (χ4n) is 3.97. The summed E-state index contributed by atoms with van der Waals surface area (Å²) in [4.78, 5) is 25.1. The van der Waals surface area contributed by atoms with Crippen LogP contribution >= 0.6 is 0 Å². The van der Waals surface area contributed by atoms with E-state index < -0.39 is 29.6 Å². The molecule has 1 aromatic carbocycles. The number of hydrogen-bond acceptors (Lipinski definition) is 5. The molecule has 1 unspecified atom stereocenters. The number of methoxy groups -OCH3 is 1. The maximum Gasteiger partial charge on any atom is 0.409 e. The molecule has 32 heavy (non-hydrogen) atoms. The molecule has 168 valence electrons. The minimum Gasteiger partial charge on any atom is -0.453 e. The van der Waals surface area contributed by atoms with E-state index >= 15 is 0 Å². The number of amides is 1. The number of Topliss-reactive ketones (excluding diaryl/α,β-unsaturated/α-hetero) is 1. The largest absolute Gasteiger partial charge is 0.453 e. The zero-order chi connectivity index (χ0) is 23.0. The van der Waals surface area contributed by atoms with Crippen molar-refractivity contribution in [3.63, 3.8) is 0 Å². The number of pyridine rings is 1. The Morgan fingerprint density at radius 3 is 2.62 bits per heavy atom. The van der Waals surface area contributed by atoms with Gasteiger partial charge in [-0.15, -0.1) is 0 Å². The maximum atomic E-state index is 15.0. The number of fused-ring (bicyclic) bond motifs is 1. The van der Waals surface area contributed by atoms with Crippen LogP contribution in [0.1, 0.15) is 28.4 Å². The topological polar surface area (TPSA) is 73.1 Å². The smallest absolute Gasteiger partial charge is 0.409 e. The Hall–Kier alpha value is -3.33. The number of ketones is 1. The Balaban J connectivity index is 1.80. The molecule has 1 amide bonds. The Bertz CT molecular complexity index is 1180. The number of ether oxygens (including phenoxy) is 2. The van der Waals surface area contributed by atoms with Crippen molar-refractivity contribution in [1.29, 1.82) is 0 Å². The number of aromatic nitrogens is 2. The summed E-state index contributed by atoms with van der Waals surface area (Å²) in [5, 5.41) is 4.47. The van der Waals surface area contributed by atoms with Crippen molar-refractivity contribution in [2.75, 3.05) is 26.8 Å². The second kappa shape index (κ2) is 8.66. The third-order valence-corrected chi connectivity index (χ3v) is 5.57. The maximum absolute atomic E-state index is 15.0. The minimum atomic E-state index is -0.864. The predicted octanol–water partition coefficient (Wildman–Crippen LogP) is 3.80. The molecule has 1 aliphatic rings. The molecule has 7 nitrogen and oxygen atoms in total. The molecule has 0 bridgehead atoms. The van der Waals surface area contributed by atoms with E-state index in [1.54, 1.807) is 10.7 Å². The first-order valence-electron chi connectivity index (χ1n) is 10.2. The summed E-state index contributed by atoms with van der Waals surface area (Å²) in [5.74, 6) is -2.16. The van der Waals surface area contributed by atoms with Gasteiger partial charge in [-0.3, -0.25) is 4.79 Å². The van der Waals surface area contributed by atoms with Gasteiger partial charge in [0.2, 0.25) is 0 Å². The van der Waals surface area contributed by atoms with Gasteiger partial charge in [0, 0.05) is 30.3 Å². The molecule has 3 aromatic rings. The number of aryl methyl sites for hydroxylation is 1. The zero-order valence-electron chi connectivity index (χ0n) is 18.0. The van der Waals surface area contributed by atoms with Gasteiger partial charge < -0.3 is 14.4 Å². The number of nitrogens with zero attached hydrogens (tertiary/aromatic N) is 3. The third-order valence-electron chi connectivity index (χ3n) is 5.57. The van der Waals surface area contributed by atoms with Gasteiger partial charge in [0.1, 0.15) is 17.3 Å².